The minimum Gasteiger partial charge on any atom is -0.465 e. The number of carbonyl (C=O) groups is 1. The standard InChI is InChI=1S/C11H14F2N2O4S.ClH/c1-19-10(16)8-3-2-4-9(5-8)20(17,18)15-7-11(12,13)6-14;/h2-5,15H,6-7,14H2,1H3;1H. The zero-order chi connectivity index (χ0) is 15.4. The van der Waals surface area contributed by atoms with Crippen molar-refractivity contribution in [3.05, 3.63) is 29.8 Å². The Morgan fingerprint density at radius 1 is 1.43 bits per heavy atom. The van der Waals surface area contributed by atoms with Gasteiger partial charge in [0.1, 0.15) is 0 Å². The normalized spacial score (nSPS) is 11.6. The first-order valence-electron chi connectivity index (χ1n) is 5.48. The molecule has 0 fully saturated rings. The van der Waals surface area contributed by atoms with Gasteiger partial charge in [-0.3, -0.25) is 0 Å². The van der Waals surface area contributed by atoms with Crippen LogP contribution < -0.4 is 10.5 Å². The van der Waals surface area contributed by atoms with Crippen molar-refractivity contribution in [1.82, 2.24) is 4.72 Å². The Morgan fingerprint density at radius 3 is 2.57 bits per heavy atom. The number of rotatable bonds is 6. The molecule has 0 heterocycles. The smallest absolute Gasteiger partial charge is 0.337 e. The van der Waals surface area contributed by atoms with Gasteiger partial charge in [0, 0.05) is 0 Å². The lowest BCUT2D eigenvalue weighted by atomic mass is 10.2. The van der Waals surface area contributed by atoms with E-state index < -0.39 is 35.0 Å². The van der Waals surface area contributed by atoms with Crippen molar-refractivity contribution in [2.45, 2.75) is 10.8 Å². The van der Waals surface area contributed by atoms with Crippen LogP contribution in [0.2, 0.25) is 0 Å². The van der Waals surface area contributed by atoms with Crippen molar-refractivity contribution in [3.8, 4) is 0 Å². The zero-order valence-electron chi connectivity index (χ0n) is 11.0. The van der Waals surface area contributed by atoms with E-state index in [1.807, 2.05) is 0 Å². The molecule has 0 saturated carbocycles. The van der Waals surface area contributed by atoms with Crippen LogP contribution in [0, 0.1) is 0 Å². The Balaban J connectivity index is 0.00000400. The summed E-state index contributed by atoms with van der Waals surface area (Å²) in [5, 5.41) is 0. The Labute approximate surface area is 127 Å². The topological polar surface area (TPSA) is 98.5 Å². The monoisotopic (exact) mass is 344 g/mol. The van der Waals surface area contributed by atoms with Gasteiger partial charge in [0.2, 0.25) is 10.0 Å². The third-order valence-electron chi connectivity index (χ3n) is 2.38. The molecule has 0 unspecified atom stereocenters. The molecule has 0 atom stereocenters. The van der Waals surface area contributed by atoms with Crippen LogP contribution in [0.1, 0.15) is 10.4 Å². The number of hydrogen-bond acceptors (Lipinski definition) is 5. The fraction of sp³-hybridized carbons (Fsp3) is 0.364. The maximum atomic E-state index is 12.9. The Morgan fingerprint density at radius 2 is 2.05 bits per heavy atom. The first-order valence-corrected chi connectivity index (χ1v) is 6.96. The van der Waals surface area contributed by atoms with Crippen molar-refractivity contribution < 1.29 is 26.7 Å². The number of methoxy groups -OCH3 is 1. The number of nitrogens with two attached hydrogens (primary N) is 1. The van der Waals surface area contributed by atoms with Crippen LogP contribution >= 0.6 is 12.4 Å². The molecule has 0 spiro atoms. The van der Waals surface area contributed by atoms with Crippen molar-refractivity contribution in [1.29, 1.82) is 0 Å². The van der Waals surface area contributed by atoms with Crippen LogP contribution in [0.25, 0.3) is 0 Å². The summed E-state index contributed by atoms with van der Waals surface area (Å²) in [5.74, 6) is -4.07. The summed E-state index contributed by atoms with van der Waals surface area (Å²) < 4.78 is 55.7. The van der Waals surface area contributed by atoms with Crippen molar-refractivity contribution in [2.24, 2.45) is 5.73 Å². The van der Waals surface area contributed by atoms with Gasteiger partial charge in [0.25, 0.3) is 5.92 Å². The molecular formula is C11H15ClF2N2O4S. The molecule has 10 heteroatoms. The van der Waals surface area contributed by atoms with Gasteiger partial charge in [0.05, 0.1) is 30.7 Å². The number of esters is 1. The molecule has 0 radical (unpaired) electrons. The van der Waals surface area contributed by atoms with Crippen molar-refractivity contribution >= 4 is 28.4 Å². The van der Waals surface area contributed by atoms with E-state index in [4.69, 9.17) is 5.73 Å². The molecule has 21 heavy (non-hydrogen) atoms. The van der Waals surface area contributed by atoms with E-state index in [1.165, 1.54) is 18.2 Å². The maximum Gasteiger partial charge on any atom is 0.337 e. The summed E-state index contributed by atoms with van der Waals surface area (Å²) in [6.45, 7) is -2.09. The van der Waals surface area contributed by atoms with E-state index in [1.54, 1.807) is 4.72 Å². The molecule has 0 aliphatic carbocycles. The van der Waals surface area contributed by atoms with E-state index >= 15 is 0 Å². The fourth-order valence-electron chi connectivity index (χ4n) is 1.26. The molecule has 120 valence electrons. The van der Waals surface area contributed by atoms with Gasteiger partial charge in [0.15, 0.2) is 0 Å². The van der Waals surface area contributed by atoms with Crippen LogP contribution in [0.3, 0.4) is 0 Å². The summed E-state index contributed by atoms with van der Waals surface area (Å²) in [7, 11) is -3.02. The van der Waals surface area contributed by atoms with Crippen LogP contribution in [0.15, 0.2) is 29.2 Å². The maximum absolute atomic E-state index is 12.9. The minimum absolute atomic E-state index is 0. The molecule has 0 aromatic heterocycles. The average Bonchev–Trinajstić information content (AvgIpc) is 2.45. The van der Waals surface area contributed by atoms with Gasteiger partial charge in [-0.15, -0.1) is 12.4 Å². The van der Waals surface area contributed by atoms with Gasteiger partial charge in [-0.1, -0.05) is 6.07 Å². The number of halogens is 3. The van der Waals surface area contributed by atoms with Gasteiger partial charge in [-0.2, -0.15) is 0 Å². The fourth-order valence-corrected chi connectivity index (χ4v) is 2.37. The molecule has 0 amide bonds. The molecule has 0 aliphatic rings. The highest BCUT2D eigenvalue weighted by Gasteiger charge is 2.29. The molecule has 1 aromatic carbocycles. The summed E-state index contributed by atoms with van der Waals surface area (Å²) in [4.78, 5) is 11.0. The van der Waals surface area contributed by atoms with Gasteiger partial charge in [-0.25, -0.2) is 26.7 Å². The van der Waals surface area contributed by atoms with E-state index in [2.05, 4.69) is 4.74 Å². The number of alkyl halides is 2. The highest BCUT2D eigenvalue weighted by molar-refractivity contribution is 7.89. The second-order valence-electron chi connectivity index (χ2n) is 3.90. The van der Waals surface area contributed by atoms with Crippen LogP contribution in [-0.4, -0.2) is 40.5 Å². The number of sulfonamides is 1. The zero-order valence-corrected chi connectivity index (χ0v) is 12.6. The lowest BCUT2D eigenvalue weighted by Crippen LogP contribution is -2.41. The van der Waals surface area contributed by atoms with Crippen molar-refractivity contribution in [3.63, 3.8) is 0 Å². The van der Waals surface area contributed by atoms with Gasteiger partial charge >= 0.3 is 5.97 Å². The number of hydrogen-bond donors (Lipinski definition) is 2. The van der Waals surface area contributed by atoms with Crippen LogP contribution in [0.4, 0.5) is 8.78 Å². The number of ether oxygens (including phenoxy) is 1. The predicted octanol–water partition coefficient (Wildman–Crippen LogP) is 0.767. The first kappa shape index (κ1) is 19.7. The number of carbonyl (C=O) groups excluding carboxylic acids is 1. The molecule has 1 rings (SSSR count). The number of nitrogens with one attached hydrogen (secondary N) is 1. The summed E-state index contributed by atoms with van der Waals surface area (Å²) in [6, 6.07) is 4.87. The second-order valence-corrected chi connectivity index (χ2v) is 5.67. The van der Waals surface area contributed by atoms with Crippen LogP contribution in [-0.2, 0) is 14.8 Å². The Bertz CT molecular complexity index is 596. The quantitative estimate of drug-likeness (QED) is 0.743. The molecule has 1 aromatic rings. The largest absolute Gasteiger partial charge is 0.465 e. The lowest BCUT2D eigenvalue weighted by Gasteiger charge is -2.15. The highest BCUT2D eigenvalue weighted by Crippen LogP contribution is 2.15. The molecule has 0 aliphatic heterocycles. The van der Waals surface area contributed by atoms with E-state index in [9.17, 15) is 22.0 Å². The Kier molecular flexibility index (Phi) is 7.17. The average molecular weight is 345 g/mol. The third kappa shape index (κ3) is 5.54. The molecule has 3 N–H and O–H groups in total. The molecule has 6 nitrogen and oxygen atoms in total. The first-order chi connectivity index (χ1) is 9.22. The van der Waals surface area contributed by atoms with Crippen LogP contribution in [0.5, 0.6) is 0 Å². The highest BCUT2D eigenvalue weighted by atomic mass is 35.5. The minimum atomic E-state index is -4.16. The lowest BCUT2D eigenvalue weighted by molar-refractivity contribution is 0.0170. The van der Waals surface area contributed by atoms with E-state index in [-0.39, 0.29) is 22.9 Å². The molecule has 0 bridgehead atoms. The summed E-state index contributed by atoms with van der Waals surface area (Å²) >= 11 is 0. The number of benzene rings is 1. The summed E-state index contributed by atoms with van der Waals surface area (Å²) in [6.07, 6.45) is 0. The van der Waals surface area contributed by atoms with E-state index in [0.717, 1.165) is 13.2 Å². The van der Waals surface area contributed by atoms with E-state index in [0.29, 0.717) is 0 Å². The second kappa shape index (κ2) is 7.64. The molecular weight excluding hydrogens is 330 g/mol. The molecule has 0 saturated heterocycles. The van der Waals surface area contributed by atoms with Gasteiger partial charge in [-0.05, 0) is 18.2 Å². The third-order valence-corrected chi connectivity index (χ3v) is 3.78. The predicted molar refractivity (Wildman–Crippen MR) is 74.2 cm³/mol. The van der Waals surface area contributed by atoms with Gasteiger partial charge < -0.3 is 10.5 Å². The SMILES string of the molecule is COC(=O)c1cccc(S(=O)(=O)NCC(F)(F)CN)c1.Cl. The van der Waals surface area contributed by atoms with Crippen molar-refractivity contribution in [2.75, 3.05) is 20.2 Å². The Hall–Kier alpha value is -1.29. The summed E-state index contributed by atoms with van der Waals surface area (Å²) in [5.41, 5.74) is 4.81.